The molecule has 1 aliphatic rings. The van der Waals surface area contributed by atoms with Gasteiger partial charge < -0.3 is 15.0 Å². The summed E-state index contributed by atoms with van der Waals surface area (Å²) in [6.45, 7) is 6.82. The number of esters is 1. The number of carbonyl (C=O) groups excluding carboxylic acids is 3. The molecule has 6 heteroatoms. The Hall–Kier alpha value is -1.59. The summed E-state index contributed by atoms with van der Waals surface area (Å²) in [7, 11) is 1.36. The molecule has 0 aromatic carbocycles. The number of rotatable bonds is 21. The molecule has 1 aliphatic heterocycles. The number of hydrogen-bond donors (Lipinski definition) is 1. The molecule has 1 fully saturated rings. The predicted molar refractivity (Wildman–Crippen MR) is 148 cm³/mol. The van der Waals surface area contributed by atoms with E-state index in [1.165, 1.54) is 90.6 Å². The fourth-order valence-electron chi connectivity index (χ4n) is 5.18. The molecule has 0 aromatic heterocycles. The lowest BCUT2D eigenvalue weighted by Gasteiger charge is -2.30. The van der Waals surface area contributed by atoms with Crippen molar-refractivity contribution < 1.29 is 19.1 Å². The number of methoxy groups -OCH3 is 1. The summed E-state index contributed by atoms with van der Waals surface area (Å²) >= 11 is 0. The fourth-order valence-corrected chi connectivity index (χ4v) is 5.18. The number of nitrogens with zero attached hydrogens (tertiary/aromatic N) is 1. The van der Waals surface area contributed by atoms with Crippen molar-refractivity contribution in [3.05, 3.63) is 0 Å². The van der Waals surface area contributed by atoms with Gasteiger partial charge in [-0.2, -0.15) is 0 Å². The number of unbranched alkanes of at least 4 members (excludes halogenated alkanes) is 14. The summed E-state index contributed by atoms with van der Waals surface area (Å²) in [5.41, 5.74) is 0. The van der Waals surface area contributed by atoms with E-state index in [9.17, 15) is 14.4 Å². The van der Waals surface area contributed by atoms with Crippen LogP contribution in [0.15, 0.2) is 0 Å². The second-order valence-electron chi connectivity index (χ2n) is 10.8. The van der Waals surface area contributed by atoms with Gasteiger partial charge in [-0.1, -0.05) is 117 Å². The minimum atomic E-state index is -0.580. The van der Waals surface area contributed by atoms with Gasteiger partial charge in [0, 0.05) is 13.0 Å². The van der Waals surface area contributed by atoms with Gasteiger partial charge in [-0.15, -0.1) is 0 Å². The Morgan fingerprint density at radius 3 is 1.81 bits per heavy atom. The quantitative estimate of drug-likeness (QED) is 0.135. The molecular weight excluding hydrogens is 452 g/mol. The SMILES string of the molecule is CCCCCCCCCCCCCCCCCC(=O)N[C@H](C(=O)N1CCC[C@H]1C(=O)OC)[C@H](C)CC. The van der Waals surface area contributed by atoms with Gasteiger partial charge in [0.25, 0.3) is 0 Å². The second-order valence-corrected chi connectivity index (χ2v) is 10.8. The maximum atomic E-state index is 13.2. The van der Waals surface area contributed by atoms with E-state index in [2.05, 4.69) is 12.2 Å². The van der Waals surface area contributed by atoms with Crippen molar-refractivity contribution in [2.45, 2.75) is 155 Å². The van der Waals surface area contributed by atoms with Crippen LogP contribution in [0.1, 0.15) is 143 Å². The van der Waals surface area contributed by atoms with Crippen molar-refractivity contribution in [3.63, 3.8) is 0 Å². The molecule has 0 aliphatic carbocycles. The van der Waals surface area contributed by atoms with Gasteiger partial charge in [0.2, 0.25) is 11.8 Å². The monoisotopic (exact) mass is 508 g/mol. The standard InChI is InChI=1S/C30H56N2O4/c1-5-7-8-9-10-11-12-13-14-15-16-17-18-19-20-23-27(33)31-28(25(3)6-2)29(34)32-24-21-22-26(32)30(35)36-4/h25-26,28H,5-24H2,1-4H3,(H,31,33)/t25-,26+,28+/m1/s1. The number of hydrogen-bond acceptors (Lipinski definition) is 4. The summed E-state index contributed by atoms with van der Waals surface area (Å²) in [5.74, 6) is -0.562. The van der Waals surface area contributed by atoms with Crippen LogP contribution in [-0.4, -0.2) is 48.4 Å². The Balaban J connectivity index is 2.18. The minimum Gasteiger partial charge on any atom is -0.467 e. The first kappa shape index (κ1) is 32.4. The first-order valence-electron chi connectivity index (χ1n) is 15.1. The molecule has 6 nitrogen and oxygen atoms in total. The van der Waals surface area contributed by atoms with Gasteiger partial charge in [-0.05, 0) is 25.2 Å². The summed E-state index contributed by atoms with van der Waals surface area (Å²) in [6, 6.07) is -1.11. The zero-order valence-electron chi connectivity index (χ0n) is 24.0. The second kappa shape index (κ2) is 20.5. The lowest BCUT2D eigenvalue weighted by atomic mass is 9.97. The van der Waals surface area contributed by atoms with E-state index in [1.807, 2.05) is 13.8 Å². The van der Waals surface area contributed by atoms with Crippen LogP contribution in [0.4, 0.5) is 0 Å². The van der Waals surface area contributed by atoms with E-state index < -0.39 is 12.1 Å². The van der Waals surface area contributed by atoms with Crippen LogP contribution in [0, 0.1) is 5.92 Å². The molecular formula is C30H56N2O4. The molecule has 0 bridgehead atoms. The van der Waals surface area contributed by atoms with Crippen LogP contribution in [0.2, 0.25) is 0 Å². The van der Waals surface area contributed by atoms with Gasteiger partial charge in [0.05, 0.1) is 7.11 Å². The highest BCUT2D eigenvalue weighted by molar-refractivity contribution is 5.91. The van der Waals surface area contributed by atoms with Crippen molar-refractivity contribution in [1.82, 2.24) is 10.2 Å². The Bertz CT molecular complexity index is 610. The molecule has 210 valence electrons. The average Bonchev–Trinajstić information content (AvgIpc) is 3.38. The van der Waals surface area contributed by atoms with Gasteiger partial charge in [0.15, 0.2) is 0 Å². The lowest BCUT2D eigenvalue weighted by Crippen LogP contribution is -2.54. The predicted octanol–water partition coefficient (Wildman–Crippen LogP) is 6.94. The highest BCUT2D eigenvalue weighted by Crippen LogP contribution is 2.22. The number of ether oxygens (including phenoxy) is 1. The average molecular weight is 509 g/mol. The van der Waals surface area contributed by atoms with Crippen LogP contribution >= 0.6 is 0 Å². The van der Waals surface area contributed by atoms with Crippen molar-refractivity contribution in [2.75, 3.05) is 13.7 Å². The Labute approximate surface area is 221 Å². The van der Waals surface area contributed by atoms with Gasteiger partial charge >= 0.3 is 5.97 Å². The molecule has 1 saturated heterocycles. The first-order valence-corrected chi connectivity index (χ1v) is 15.1. The normalized spacial score (nSPS) is 17.1. The van der Waals surface area contributed by atoms with Crippen LogP contribution < -0.4 is 5.32 Å². The van der Waals surface area contributed by atoms with Crippen LogP contribution in [0.3, 0.4) is 0 Å². The Morgan fingerprint density at radius 1 is 0.833 bits per heavy atom. The third-order valence-electron chi connectivity index (χ3n) is 7.81. The fraction of sp³-hybridized carbons (Fsp3) is 0.900. The van der Waals surface area contributed by atoms with Crippen LogP contribution in [-0.2, 0) is 19.1 Å². The number of amides is 2. The Kier molecular flexibility index (Phi) is 18.4. The molecule has 1 N–H and O–H groups in total. The molecule has 36 heavy (non-hydrogen) atoms. The van der Waals surface area contributed by atoms with E-state index in [4.69, 9.17) is 4.74 Å². The van der Waals surface area contributed by atoms with Crippen molar-refractivity contribution in [3.8, 4) is 0 Å². The van der Waals surface area contributed by atoms with E-state index in [-0.39, 0.29) is 23.7 Å². The molecule has 3 atom stereocenters. The topological polar surface area (TPSA) is 75.7 Å². The largest absolute Gasteiger partial charge is 0.467 e. The van der Waals surface area contributed by atoms with Gasteiger partial charge in [0.1, 0.15) is 12.1 Å². The third kappa shape index (κ3) is 13.1. The summed E-state index contributed by atoms with van der Waals surface area (Å²) in [6.07, 6.45) is 22.1. The highest BCUT2D eigenvalue weighted by atomic mass is 16.5. The van der Waals surface area contributed by atoms with E-state index in [0.29, 0.717) is 19.4 Å². The maximum absolute atomic E-state index is 13.2. The number of likely N-dealkylation sites (tertiary alicyclic amines) is 1. The van der Waals surface area contributed by atoms with Crippen molar-refractivity contribution in [2.24, 2.45) is 5.92 Å². The smallest absolute Gasteiger partial charge is 0.328 e. The van der Waals surface area contributed by atoms with E-state index in [1.54, 1.807) is 4.90 Å². The third-order valence-corrected chi connectivity index (χ3v) is 7.81. The highest BCUT2D eigenvalue weighted by Gasteiger charge is 2.39. The summed E-state index contributed by atoms with van der Waals surface area (Å²) < 4.78 is 4.88. The van der Waals surface area contributed by atoms with Crippen LogP contribution in [0.25, 0.3) is 0 Å². The molecule has 1 rings (SSSR count). The molecule has 2 amide bonds. The first-order chi connectivity index (χ1) is 17.5. The number of nitrogens with one attached hydrogen (secondary N) is 1. The number of carbonyl (C=O) groups is 3. The Morgan fingerprint density at radius 2 is 1.33 bits per heavy atom. The summed E-state index contributed by atoms with van der Waals surface area (Å²) in [5, 5.41) is 2.99. The van der Waals surface area contributed by atoms with Gasteiger partial charge in [-0.3, -0.25) is 9.59 Å². The molecule has 1 heterocycles. The zero-order valence-corrected chi connectivity index (χ0v) is 24.0. The molecule has 0 saturated carbocycles. The van der Waals surface area contributed by atoms with Crippen LogP contribution in [0.5, 0.6) is 0 Å². The molecule has 0 radical (unpaired) electrons. The maximum Gasteiger partial charge on any atom is 0.328 e. The van der Waals surface area contributed by atoms with Crippen molar-refractivity contribution >= 4 is 17.8 Å². The molecule has 0 aromatic rings. The van der Waals surface area contributed by atoms with Gasteiger partial charge in [-0.25, -0.2) is 4.79 Å². The van der Waals surface area contributed by atoms with Crippen molar-refractivity contribution in [1.29, 1.82) is 0 Å². The van der Waals surface area contributed by atoms with E-state index in [0.717, 1.165) is 25.7 Å². The molecule has 0 unspecified atom stereocenters. The molecule has 0 spiro atoms. The minimum absolute atomic E-state index is 0.0152. The zero-order chi connectivity index (χ0) is 26.6. The lowest BCUT2D eigenvalue weighted by molar-refractivity contribution is -0.152. The van der Waals surface area contributed by atoms with E-state index >= 15 is 0 Å². The summed E-state index contributed by atoms with van der Waals surface area (Å²) in [4.78, 5) is 39.5.